The van der Waals surface area contributed by atoms with Gasteiger partial charge in [0.25, 0.3) is 0 Å². The van der Waals surface area contributed by atoms with Crippen LogP contribution in [0.3, 0.4) is 0 Å². The first-order valence-electron chi connectivity index (χ1n) is 5.58. The summed E-state index contributed by atoms with van der Waals surface area (Å²) in [7, 11) is 0. The lowest BCUT2D eigenvalue weighted by molar-refractivity contribution is 0.0965. The van der Waals surface area contributed by atoms with E-state index >= 15 is 0 Å². The van der Waals surface area contributed by atoms with Crippen molar-refractivity contribution in [3.05, 3.63) is 6.07 Å². The Bertz CT molecular complexity index is 334. The zero-order chi connectivity index (χ0) is 12.5. The van der Waals surface area contributed by atoms with Gasteiger partial charge in [0.15, 0.2) is 0 Å². The van der Waals surface area contributed by atoms with Crippen molar-refractivity contribution in [2.45, 2.75) is 19.8 Å². The van der Waals surface area contributed by atoms with Gasteiger partial charge in [0.1, 0.15) is 12.4 Å². The van der Waals surface area contributed by atoms with Crippen LogP contribution in [-0.4, -0.2) is 29.8 Å². The maximum Gasteiger partial charge on any atom is 0.225 e. The van der Waals surface area contributed by atoms with Gasteiger partial charge >= 0.3 is 0 Å². The minimum Gasteiger partial charge on any atom is -0.475 e. The van der Waals surface area contributed by atoms with E-state index in [0.29, 0.717) is 24.9 Å². The predicted octanol–water partition coefficient (Wildman–Crippen LogP) is 0.540. The van der Waals surface area contributed by atoms with Crippen molar-refractivity contribution in [3.8, 4) is 5.88 Å². The summed E-state index contributed by atoms with van der Waals surface area (Å²) in [5.41, 5.74) is 7.86. The molecule has 0 amide bonds. The molecule has 0 saturated heterocycles. The Morgan fingerprint density at radius 2 is 2.12 bits per heavy atom. The molecule has 5 N–H and O–H groups in total. The molecular weight excluding hydrogens is 222 g/mol. The topological polar surface area (TPSA) is 108 Å². The summed E-state index contributed by atoms with van der Waals surface area (Å²) in [6.07, 6.45) is 2.18. The van der Waals surface area contributed by atoms with Crippen LogP contribution < -0.4 is 21.7 Å². The van der Waals surface area contributed by atoms with Gasteiger partial charge < -0.3 is 20.6 Å². The Hall–Kier alpha value is -1.60. The van der Waals surface area contributed by atoms with E-state index < -0.39 is 0 Å². The number of nitrogens with zero attached hydrogens (tertiary/aromatic N) is 2. The third-order valence-corrected chi connectivity index (χ3v) is 1.99. The summed E-state index contributed by atoms with van der Waals surface area (Å²) < 4.78 is 10.7. The highest BCUT2D eigenvalue weighted by molar-refractivity contribution is 5.41. The first-order chi connectivity index (χ1) is 8.26. The van der Waals surface area contributed by atoms with Gasteiger partial charge in [0, 0.05) is 12.7 Å². The zero-order valence-corrected chi connectivity index (χ0v) is 9.98. The van der Waals surface area contributed by atoms with E-state index in [2.05, 4.69) is 22.3 Å². The minimum atomic E-state index is 0.113. The first kappa shape index (κ1) is 13.5. The van der Waals surface area contributed by atoms with E-state index in [-0.39, 0.29) is 5.95 Å². The molecular formula is C10H19N5O2. The molecule has 0 atom stereocenters. The number of anilines is 2. The highest BCUT2D eigenvalue weighted by Gasteiger charge is 2.02. The van der Waals surface area contributed by atoms with Crippen LogP contribution in [-0.2, 0) is 4.74 Å². The minimum absolute atomic E-state index is 0.113. The standard InChI is InChI=1S/C10H19N5O2/c1-2-3-4-16-5-6-17-9-7-8(15-12)13-10(11)14-9/h7H,2-6,12H2,1H3,(H3,11,13,14,15). The lowest BCUT2D eigenvalue weighted by Gasteiger charge is -2.07. The second-order valence-corrected chi connectivity index (χ2v) is 3.41. The van der Waals surface area contributed by atoms with Crippen molar-refractivity contribution in [2.75, 3.05) is 31.0 Å². The van der Waals surface area contributed by atoms with Crippen LogP contribution in [0.1, 0.15) is 19.8 Å². The highest BCUT2D eigenvalue weighted by atomic mass is 16.5. The molecule has 7 heteroatoms. The monoisotopic (exact) mass is 241 g/mol. The van der Waals surface area contributed by atoms with Gasteiger partial charge in [0.05, 0.1) is 6.61 Å². The van der Waals surface area contributed by atoms with Crippen molar-refractivity contribution >= 4 is 11.8 Å². The molecule has 1 aromatic rings. The van der Waals surface area contributed by atoms with E-state index in [1.165, 1.54) is 0 Å². The van der Waals surface area contributed by atoms with Gasteiger partial charge in [0.2, 0.25) is 11.8 Å². The molecule has 0 fully saturated rings. The molecule has 0 aliphatic carbocycles. The number of nitrogens with two attached hydrogens (primary N) is 2. The van der Waals surface area contributed by atoms with Crippen molar-refractivity contribution in [1.82, 2.24) is 9.97 Å². The van der Waals surface area contributed by atoms with Crippen molar-refractivity contribution in [2.24, 2.45) is 5.84 Å². The van der Waals surface area contributed by atoms with Crippen molar-refractivity contribution < 1.29 is 9.47 Å². The number of ether oxygens (including phenoxy) is 2. The van der Waals surface area contributed by atoms with Gasteiger partial charge in [-0.15, -0.1) is 0 Å². The molecule has 0 unspecified atom stereocenters. The average Bonchev–Trinajstić information content (AvgIpc) is 2.33. The van der Waals surface area contributed by atoms with Crippen molar-refractivity contribution in [3.63, 3.8) is 0 Å². The Morgan fingerprint density at radius 1 is 1.29 bits per heavy atom. The summed E-state index contributed by atoms with van der Waals surface area (Å²) in [6, 6.07) is 1.57. The number of hydrogen-bond acceptors (Lipinski definition) is 7. The lowest BCUT2D eigenvalue weighted by Crippen LogP contribution is -2.12. The van der Waals surface area contributed by atoms with Gasteiger partial charge in [-0.05, 0) is 6.42 Å². The second kappa shape index (κ2) is 7.64. The largest absolute Gasteiger partial charge is 0.475 e. The zero-order valence-electron chi connectivity index (χ0n) is 9.98. The van der Waals surface area contributed by atoms with Gasteiger partial charge in [-0.1, -0.05) is 13.3 Å². The fourth-order valence-electron chi connectivity index (χ4n) is 1.14. The number of aromatic nitrogens is 2. The molecule has 17 heavy (non-hydrogen) atoms. The fraction of sp³-hybridized carbons (Fsp3) is 0.600. The van der Waals surface area contributed by atoms with Crippen LogP contribution in [0.15, 0.2) is 6.07 Å². The van der Waals surface area contributed by atoms with Gasteiger partial charge in [-0.2, -0.15) is 9.97 Å². The van der Waals surface area contributed by atoms with Crippen LogP contribution >= 0.6 is 0 Å². The Kier molecular flexibility index (Phi) is 6.05. The van der Waals surface area contributed by atoms with Crippen LogP contribution in [0.2, 0.25) is 0 Å². The Morgan fingerprint density at radius 3 is 2.82 bits per heavy atom. The quantitative estimate of drug-likeness (QED) is 0.346. The predicted molar refractivity (Wildman–Crippen MR) is 65.5 cm³/mol. The molecule has 0 aliphatic heterocycles. The van der Waals surface area contributed by atoms with Crippen LogP contribution in [0, 0.1) is 0 Å². The van der Waals surface area contributed by atoms with Gasteiger partial charge in [-0.25, -0.2) is 5.84 Å². The maximum absolute atomic E-state index is 5.48. The van der Waals surface area contributed by atoms with Crippen LogP contribution in [0.25, 0.3) is 0 Å². The number of hydrogen-bond donors (Lipinski definition) is 3. The normalized spacial score (nSPS) is 10.2. The molecule has 1 heterocycles. The Balaban J connectivity index is 2.28. The number of nitrogen functional groups attached to an aromatic ring is 2. The molecule has 0 radical (unpaired) electrons. The van der Waals surface area contributed by atoms with Crippen molar-refractivity contribution in [1.29, 1.82) is 0 Å². The molecule has 1 rings (SSSR count). The molecule has 1 aromatic heterocycles. The third-order valence-electron chi connectivity index (χ3n) is 1.99. The van der Waals surface area contributed by atoms with E-state index in [9.17, 15) is 0 Å². The van der Waals surface area contributed by atoms with E-state index in [1.807, 2.05) is 0 Å². The molecule has 0 bridgehead atoms. The van der Waals surface area contributed by atoms with E-state index in [0.717, 1.165) is 19.4 Å². The number of hydrazine groups is 1. The first-order valence-corrected chi connectivity index (χ1v) is 5.58. The second-order valence-electron chi connectivity index (χ2n) is 3.41. The summed E-state index contributed by atoms with van der Waals surface area (Å²) >= 11 is 0. The van der Waals surface area contributed by atoms with Crippen LogP contribution in [0.4, 0.5) is 11.8 Å². The molecule has 7 nitrogen and oxygen atoms in total. The van der Waals surface area contributed by atoms with Crippen LogP contribution in [0.5, 0.6) is 5.88 Å². The summed E-state index contributed by atoms with van der Waals surface area (Å²) in [5, 5.41) is 0. The van der Waals surface area contributed by atoms with E-state index in [1.54, 1.807) is 6.07 Å². The molecule has 96 valence electrons. The summed E-state index contributed by atoms with van der Waals surface area (Å²) in [6.45, 7) is 3.81. The summed E-state index contributed by atoms with van der Waals surface area (Å²) in [4.78, 5) is 7.75. The molecule has 0 spiro atoms. The van der Waals surface area contributed by atoms with Gasteiger partial charge in [-0.3, -0.25) is 0 Å². The smallest absolute Gasteiger partial charge is 0.225 e. The third kappa shape index (κ3) is 5.32. The number of unbranched alkanes of at least 4 members (excludes halogenated alkanes) is 1. The molecule has 0 aliphatic rings. The molecule has 0 saturated carbocycles. The number of nitrogens with one attached hydrogen (secondary N) is 1. The lowest BCUT2D eigenvalue weighted by atomic mass is 10.4. The molecule has 0 aromatic carbocycles. The average molecular weight is 241 g/mol. The SMILES string of the molecule is CCCCOCCOc1cc(NN)nc(N)n1. The fourth-order valence-corrected chi connectivity index (χ4v) is 1.14. The number of rotatable bonds is 8. The maximum atomic E-state index is 5.48. The Labute approximate surface area is 100 Å². The summed E-state index contributed by atoms with van der Waals surface area (Å²) in [5.74, 6) is 6.13. The highest BCUT2D eigenvalue weighted by Crippen LogP contribution is 2.13. The van der Waals surface area contributed by atoms with E-state index in [4.69, 9.17) is 21.1 Å².